The lowest BCUT2D eigenvalue weighted by Gasteiger charge is -2.10. The van der Waals surface area contributed by atoms with E-state index in [1.165, 1.54) is 67.9 Å². The smallest absolute Gasteiger partial charge is 0.343 e. The molecule has 162 valence electrons. The van der Waals surface area contributed by atoms with Crippen LogP contribution in [0.3, 0.4) is 0 Å². The Morgan fingerprint density at radius 1 is 1.03 bits per heavy atom. The monoisotopic (exact) mass is 435 g/mol. The van der Waals surface area contributed by atoms with Crippen molar-refractivity contribution in [1.29, 1.82) is 0 Å². The van der Waals surface area contributed by atoms with E-state index in [-0.39, 0.29) is 28.5 Å². The van der Waals surface area contributed by atoms with Gasteiger partial charge in [0.2, 0.25) is 0 Å². The summed E-state index contributed by atoms with van der Waals surface area (Å²) in [6.07, 6.45) is 1.37. The first-order valence-electron chi connectivity index (χ1n) is 9.14. The van der Waals surface area contributed by atoms with Crippen molar-refractivity contribution in [2.45, 2.75) is 0 Å². The zero-order chi connectivity index (χ0) is 23.1. The SMILES string of the molecule is COc1cc(/C=N/NC(=O)c2ccc(O)cc2)ccc1OC(=O)c1cccc([N+](=O)[O-])c1. The van der Waals surface area contributed by atoms with Gasteiger partial charge in [0, 0.05) is 17.7 Å². The van der Waals surface area contributed by atoms with Crippen LogP contribution in [-0.2, 0) is 0 Å². The summed E-state index contributed by atoms with van der Waals surface area (Å²) in [7, 11) is 1.38. The molecule has 32 heavy (non-hydrogen) atoms. The largest absolute Gasteiger partial charge is 0.508 e. The van der Waals surface area contributed by atoms with E-state index >= 15 is 0 Å². The minimum absolute atomic E-state index is 0.0174. The summed E-state index contributed by atoms with van der Waals surface area (Å²) in [5, 5.41) is 24.0. The summed E-state index contributed by atoms with van der Waals surface area (Å²) in [4.78, 5) is 34.6. The lowest BCUT2D eigenvalue weighted by atomic mass is 10.2. The van der Waals surface area contributed by atoms with E-state index in [1.54, 1.807) is 6.07 Å². The molecule has 0 bridgehead atoms. The highest BCUT2D eigenvalue weighted by atomic mass is 16.6. The maximum atomic E-state index is 12.4. The van der Waals surface area contributed by atoms with Crippen LogP contribution in [0.25, 0.3) is 0 Å². The molecule has 2 N–H and O–H groups in total. The van der Waals surface area contributed by atoms with Crippen LogP contribution >= 0.6 is 0 Å². The molecule has 0 atom stereocenters. The van der Waals surface area contributed by atoms with Crippen LogP contribution in [0.5, 0.6) is 17.2 Å². The Bertz CT molecular complexity index is 1190. The predicted molar refractivity (Wildman–Crippen MR) is 114 cm³/mol. The number of methoxy groups -OCH3 is 1. The second-order valence-corrected chi connectivity index (χ2v) is 6.35. The van der Waals surface area contributed by atoms with Crippen molar-refractivity contribution < 1.29 is 29.1 Å². The molecule has 10 heteroatoms. The lowest BCUT2D eigenvalue weighted by molar-refractivity contribution is -0.384. The summed E-state index contributed by atoms with van der Waals surface area (Å²) in [6, 6.07) is 15.4. The first-order valence-corrected chi connectivity index (χ1v) is 9.14. The van der Waals surface area contributed by atoms with Gasteiger partial charge in [0.05, 0.1) is 23.8 Å². The Morgan fingerprint density at radius 3 is 2.47 bits per heavy atom. The fourth-order valence-corrected chi connectivity index (χ4v) is 2.60. The number of benzene rings is 3. The number of ether oxygens (including phenoxy) is 2. The number of aromatic hydroxyl groups is 1. The van der Waals surface area contributed by atoms with E-state index in [1.807, 2.05) is 0 Å². The van der Waals surface area contributed by atoms with E-state index in [2.05, 4.69) is 10.5 Å². The summed E-state index contributed by atoms with van der Waals surface area (Å²) < 4.78 is 10.5. The molecule has 0 radical (unpaired) electrons. The molecule has 0 aliphatic carbocycles. The third-order valence-corrected chi connectivity index (χ3v) is 4.19. The average molecular weight is 435 g/mol. The number of nitro benzene ring substituents is 1. The van der Waals surface area contributed by atoms with Gasteiger partial charge in [-0.1, -0.05) is 6.07 Å². The van der Waals surface area contributed by atoms with Gasteiger partial charge in [0.1, 0.15) is 5.75 Å². The van der Waals surface area contributed by atoms with Crippen LogP contribution in [0.15, 0.2) is 71.8 Å². The number of nitrogens with one attached hydrogen (secondary N) is 1. The van der Waals surface area contributed by atoms with Crippen LogP contribution in [-0.4, -0.2) is 35.2 Å². The average Bonchev–Trinajstić information content (AvgIpc) is 2.80. The molecule has 0 saturated carbocycles. The number of phenolic OH excluding ortho intramolecular Hbond substituents is 1. The molecule has 0 unspecified atom stereocenters. The van der Waals surface area contributed by atoms with Crippen molar-refractivity contribution in [3.63, 3.8) is 0 Å². The zero-order valence-corrected chi connectivity index (χ0v) is 16.7. The third kappa shape index (κ3) is 5.45. The van der Waals surface area contributed by atoms with Crippen molar-refractivity contribution >= 4 is 23.8 Å². The summed E-state index contributed by atoms with van der Waals surface area (Å²) in [5.74, 6) is -0.874. The number of rotatable bonds is 7. The zero-order valence-electron chi connectivity index (χ0n) is 16.7. The molecule has 0 heterocycles. The summed E-state index contributed by atoms with van der Waals surface area (Å²) in [5.41, 5.74) is 3.01. The van der Waals surface area contributed by atoms with Gasteiger partial charge >= 0.3 is 5.97 Å². The van der Waals surface area contributed by atoms with Crippen molar-refractivity contribution in [1.82, 2.24) is 5.43 Å². The Hall–Kier alpha value is -4.73. The number of nitro groups is 1. The second-order valence-electron chi connectivity index (χ2n) is 6.35. The number of carbonyl (C=O) groups excluding carboxylic acids is 2. The third-order valence-electron chi connectivity index (χ3n) is 4.19. The van der Waals surface area contributed by atoms with Gasteiger partial charge in [0.15, 0.2) is 11.5 Å². The molecule has 0 spiro atoms. The molecule has 0 saturated heterocycles. The minimum atomic E-state index is -0.783. The molecule has 0 fully saturated rings. The molecule has 10 nitrogen and oxygen atoms in total. The molecular weight excluding hydrogens is 418 g/mol. The summed E-state index contributed by atoms with van der Waals surface area (Å²) in [6.45, 7) is 0. The maximum absolute atomic E-state index is 12.4. The minimum Gasteiger partial charge on any atom is -0.508 e. The van der Waals surface area contributed by atoms with E-state index in [4.69, 9.17) is 9.47 Å². The molecule has 3 aromatic carbocycles. The number of hydrazone groups is 1. The number of phenols is 1. The molecule has 1 amide bonds. The van der Waals surface area contributed by atoms with E-state index in [0.29, 0.717) is 11.1 Å². The number of non-ortho nitro benzene ring substituents is 1. The lowest BCUT2D eigenvalue weighted by Crippen LogP contribution is -2.17. The number of amides is 1. The van der Waals surface area contributed by atoms with Gasteiger partial charge < -0.3 is 14.6 Å². The molecule has 3 rings (SSSR count). The van der Waals surface area contributed by atoms with Gasteiger partial charge in [-0.05, 0) is 54.1 Å². The molecule has 3 aromatic rings. The van der Waals surface area contributed by atoms with Crippen LogP contribution in [0.4, 0.5) is 5.69 Å². The Morgan fingerprint density at radius 2 is 1.78 bits per heavy atom. The number of carbonyl (C=O) groups is 2. The number of hydrogen-bond acceptors (Lipinski definition) is 8. The molecule has 0 aromatic heterocycles. The van der Waals surface area contributed by atoms with Crippen LogP contribution in [0.1, 0.15) is 26.3 Å². The van der Waals surface area contributed by atoms with Gasteiger partial charge in [0.25, 0.3) is 11.6 Å². The fourth-order valence-electron chi connectivity index (χ4n) is 2.60. The standard InChI is InChI=1S/C22H17N3O7/c1-31-20-11-14(13-23-24-21(27)15-6-8-18(26)9-7-15)5-10-19(20)32-22(28)16-3-2-4-17(12-16)25(29)30/h2-13,26H,1H3,(H,24,27)/b23-13+. The Balaban J connectivity index is 1.69. The predicted octanol–water partition coefficient (Wildman–Crippen LogP) is 3.29. The second kappa shape index (κ2) is 9.85. The first-order chi connectivity index (χ1) is 15.4. The van der Waals surface area contributed by atoms with Crippen LogP contribution in [0.2, 0.25) is 0 Å². The van der Waals surface area contributed by atoms with Crippen molar-refractivity contribution in [2.75, 3.05) is 7.11 Å². The van der Waals surface area contributed by atoms with Crippen molar-refractivity contribution in [3.05, 3.63) is 93.5 Å². The van der Waals surface area contributed by atoms with Crippen LogP contribution < -0.4 is 14.9 Å². The highest BCUT2D eigenvalue weighted by Gasteiger charge is 2.16. The summed E-state index contributed by atoms with van der Waals surface area (Å²) >= 11 is 0. The Labute approximate surface area is 181 Å². The number of hydrogen-bond donors (Lipinski definition) is 2. The number of nitrogens with zero attached hydrogens (tertiary/aromatic N) is 2. The molecule has 0 aliphatic heterocycles. The number of esters is 1. The quantitative estimate of drug-likeness (QED) is 0.191. The van der Waals surface area contributed by atoms with E-state index in [9.17, 15) is 24.8 Å². The highest BCUT2D eigenvalue weighted by Crippen LogP contribution is 2.28. The van der Waals surface area contributed by atoms with Gasteiger partial charge in [-0.3, -0.25) is 14.9 Å². The fraction of sp³-hybridized carbons (Fsp3) is 0.0455. The molecule has 0 aliphatic rings. The topological polar surface area (TPSA) is 140 Å². The highest BCUT2D eigenvalue weighted by molar-refractivity contribution is 5.95. The van der Waals surface area contributed by atoms with Gasteiger partial charge in [-0.25, -0.2) is 10.2 Å². The van der Waals surface area contributed by atoms with Gasteiger partial charge in [-0.2, -0.15) is 5.10 Å². The normalized spacial score (nSPS) is 10.5. The van der Waals surface area contributed by atoms with Crippen LogP contribution in [0, 0.1) is 10.1 Å². The van der Waals surface area contributed by atoms with E-state index < -0.39 is 16.8 Å². The Kier molecular flexibility index (Phi) is 6.76. The maximum Gasteiger partial charge on any atom is 0.343 e. The van der Waals surface area contributed by atoms with E-state index in [0.717, 1.165) is 6.07 Å². The molecular formula is C22H17N3O7. The van der Waals surface area contributed by atoms with Gasteiger partial charge in [-0.15, -0.1) is 0 Å². The first kappa shape index (κ1) is 22.0. The van der Waals surface area contributed by atoms with Crippen molar-refractivity contribution in [2.24, 2.45) is 5.10 Å². The van der Waals surface area contributed by atoms with Crippen molar-refractivity contribution in [3.8, 4) is 17.2 Å².